The molecule has 0 radical (unpaired) electrons. The minimum Gasteiger partial charge on any atom is -0.465 e. The number of rotatable bonds is 5. The summed E-state index contributed by atoms with van der Waals surface area (Å²) in [5.41, 5.74) is 3.17. The van der Waals surface area contributed by atoms with Crippen LogP contribution in [0.4, 0.5) is 0 Å². The van der Waals surface area contributed by atoms with Crippen molar-refractivity contribution in [2.45, 2.75) is 12.7 Å². The van der Waals surface area contributed by atoms with Crippen LogP contribution in [0.15, 0.2) is 42.5 Å². The first kappa shape index (κ1) is 18.7. The standard InChI is InChI=1S/C19H18O5S/c1-12(20)25-11-13-4-9-16(17(10-13)19(22)24-3)14-5-7-15(8-6-14)18(21)23-2/h4-10H,11H2,1-3H3. The number of ether oxygens (including phenoxy) is 2. The molecule has 0 atom stereocenters. The van der Waals surface area contributed by atoms with Gasteiger partial charge in [-0.25, -0.2) is 9.59 Å². The molecule has 2 aromatic rings. The molecule has 25 heavy (non-hydrogen) atoms. The number of hydrogen-bond donors (Lipinski definition) is 0. The van der Waals surface area contributed by atoms with Crippen molar-refractivity contribution in [1.29, 1.82) is 0 Å². The van der Waals surface area contributed by atoms with E-state index in [1.165, 1.54) is 32.9 Å². The lowest BCUT2D eigenvalue weighted by molar-refractivity contribution is -0.109. The molecular formula is C19H18O5S. The van der Waals surface area contributed by atoms with Gasteiger partial charge in [0.15, 0.2) is 5.12 Å². The molecule has 0 saturated heterocycles. The van der Waals surface area contributed by atoms with Crippen molar-refractivity contribution < 1.29 is 23.9 Å². The van der Waals surface area contributed by atoms with Crippen LogP contribution < -0.4 is 0 Å². The van der Waals surface area contributed by atoms with Crippen LogP contribution in [0.25, 0.3) is 11.1 Å². The number of benzene rings is 2. The summed E-state index contributed by atoms with van der Waals surface area (Å²) in [4.78, 5) is 34.8. The molecule has 0 unspecified atom stereocenters. The van der Waals surface area contributed by atoms with Crippen molar-refractivity contribution in [1.82, 2.24) is 0 Å². The molecule has 0 aromatic heterocycles. The van der Waals surface area contributed by atoms with Crippen LogP contribution in [0.1, 0.15) is 33.2 Å². The highest BCUT2D eigenvalue weighted by Gasteiger charge is 2.15. The maximum absolute atomic E-state index is 12.1. The Morgan fingerprint density at radius 1 is 0.920 bits per heavy atom. The van der Waals surface area contributed by atoms with E-state index in [1.54, 1.807) is 30.3 Å². The van der Waals surface area contributed by atoms with Crippen LogP contribution in [0.3, 0.4) is 0 Å². The van der Waals surface area contributed by atoms with Gasteiger partial charge < -0.3 is 9.47 Å². The number of methoxy groups -OCH3 is 2. The van der Waals surface area contributed by atoms with Gasteiger partial charge in [-0.3, -0.25) is 4.79 Å². The first-order valence-corrected chi connectivity index (χ1v) is 8.48. The third-order valence-electron chi connectivity index (χ3n) is 3.55. The van der Waals surface area contributed by atoms with Crippen molar-refractivity contribution in [2.75, 3.05) is 14.2 Å². The summed E-state index contributed by atoms with van der Waals surface area (Å²) in [6.45, 7) is 1.50. The maximum atomic E-state index is 12.1. The van der Waals surface area contributed by atoms with Gasteiger partial charge >= 0.3 is 11.9 Å². The molecule has 6 heteroatoms. The number of thioether (sulfide) groups is 1. The van der Waals surface area contributed by atoms with E-state index in [4.69, 9.17) is 4.74 Å². The first-order valence-electron chi connectivity index (χ1n) is 7.49. The van der Waals surface area contributed by atoms with Gasteiger partial charge in [0.1, 0.15) is 0 Å². The Morgan fingerprint density at radius 2 is 1.56 bits per heavy atom. The van der Waals surface area contributed by atoms with Crippen LogP contribution in [-0.2, 0) is 20.0 Å². The highest BCUT2D eigenvalue weighted by Crippen LogP contribution is 2.27. The topological polar surface area (TPSA) is 69.7 Å². The van der Waals surface area contributed by atoms with Crippen molar-refractivity contribution in [3.05, 3.63) is 59.2 Å². The minimum absolute atomic E-state index is 0.0158. The summed E-state index contributed by atoms with van der Waals surface area (Å²) < 4.78 is 9.55. The Kier molecular flexibility index (Phi) is 6.36. The van der Waals surface area contributed by atoms with Gasteiger partial charge in [0.25, 0.3) is 0 Å². The summed E-state index contributed by atoms with van der Waals surface area (Å²) in [5, 5.41) is 0.0158. The molecule has 2 aromatic carbocycles. The number of hydrogen-bond acceptors (Lipinski definition) is 6. The smallest absolute Gasteiger partial charge is 0.338 e. The molecule has 0 N–H and O–H groups in total. The second kappa shape index (κ2) is 8.48. The molecule has 0 spiro atoms. The van der Waals surface area contributed by atoms with Crippen LogP contribution in [0.2, 0.25) is 0 Å². The Labute approximate surface area is 150 Å². The second-order valence-electron chi connectivity index (χ2n) is 5.22. The highest BCUT2D eigenvalue weighted by atomic mass is 32.2. The monoisotopic (exact) mass is 358 g/mol. The van der Waals surface area contributed by atoms with Crippen LogP contribution in [0.5, 0.6) is 0 Å². The van der Waals surface area contributed by atoms with Crippen LogP contribution in [0, 0.1) is 0 Å². The molecule has 0 saturated carbocycles. The Balaban J connectivity index is 2.40. The lowest BCUT2D eigenvalue weighted by Gasteiger charge is -2.11. The number of carbonyl (C=O) groups excluding carboxylic acids is 3. The van der Waals surface area contributed by atoms with Gasteiger partial charge in [0.2, 0.25) is 0 Å². The van der Waals surface area contributed by atoms with Crippen molar-refractivity contribution in [3.8, 4) is 11.1 Å². The normalized spacial score (nSPS) is 10.2. The molecule has 5 nitrogen and oxygen atoms in total. The average molecular weight is 358 g/mol. The van der Waals surface area contributed by atoms with E-state index in [1.807, 2.05) is 12.1 Å². The fourth-order valence-electron chi connectivity index (χ4n) is 2.30. The average Bonchev–Trinajstić information content (AvgIpc) is 2.65. The summed E-state index contributed by atoms with van der Waals surface area (Å²) in [6, 6.07) is 12.2. The quantitative estimate of drug-likeness (QED) is 0.759. The fraction of sp³-hybridized carbons (Fsp3) is 0.211. The molecule has 0 bridgehead atoms. The third-order valence-corrected chi connectivity index (χ3v) is 4.43. The van der Waals surface area contributed by atoms with Crippen LogP contribution in [-0.4, -0.2) is 31.3 Å². The van der Waals surface area contributed by atoms with Crippen molar-refractivity contribution in [2.24, 2.45) is 0 Å². The minimum atomic E-state index is -0.457. The third kappa shape index (κ3) is 4.70. The molecule has 0 fully saturated rings. The van der Waals surface area contributed by atoms with E-state index in [9.17, 15) is 14.4 Å². The Morgan fingerprint density at radius 3 is 2.12 bits per heavy atom. The number of carbonyl (C=O) groups is 3. The molecule has 0 aliphatic carbocycles. The molecule has 0 amide bonds. The zero-order valence-corrected chi connectivity index (χ0v) is 15.0. The van der Waals surface area contributed by atoms with E-state index in [0.717, 1.165) is 11.1 Å². The van der Waals surface area contributed by atoms with Gasteiger partial charge in [-0.15, -0.1) is 0 Å². The number of esters is 2. The van der Waals surface area contributed by atoms with Gasteiger partial charge in [-0.2, -0.15) is 0 Å². The maximum Gasteiger partial charge on any atom is 0.338 e. The van der Waals surface area contributed by atoms with Gasteiger partial charge in [0.05, 0.1) is 25.3 Å². The van der Waals surface area contributed by atoms with E-state index < -0.39 is 11.9 Å². The predicted octanol–water partition coefficient (Wildman–Crippen LogP) is 3.71. The molecule has 0 aliphatic heterocycles. The SMILES string of the molecule is COC(=O)c1ccc(-c2ccc(CSC(C)=O)cc2C(=O)OC)cc1. The summed E-state index contributed by atoms with van der Waals surface area (Å²) in [6.07, 6.45) is 0. The molecule has 2 rings (SSSR count). The Hall–Kier alpha value is -2.60. The fourth-order valence-corrected chi connectivity index (χ4v) is 2.85. The summed E-state index contributed by atoms with van der Waals surface area (Å²) in [7, 11) is 2.65. The van der Waals surface area contributed by atoms with E-state index >= 15 is 0 Å². The molecular weight excluding hydrogens is 340 g/mol. The van der Waals surface area contributed by atoms with Crippen molar-refractivity contribution >= 4 is 28.8 Å². The lowest BCUT2D eigenvalue weighted by Crippen LogP contribution is -2.05. The summed E-state index contributed by atoms with van der Waals surface area (Å²) in [5.74, 6) is -0.390. The summed E-state index contributed by atoms with van der Waals surface area (Å²) >= 11 is 1.18. The zero-order chi connectivity index (χ0) is 18.4. The second-order valence-corrected chi connectivity index (χ2v) is 6.37. The molecule has 130 valence electrons. The van der Waals surface area contributed by atoms with Gasteiger partial charge in [-0.05, 0) is 34.9 Å². The van der Waals surface area contributed by atoms with E-state index in [2.05, 4.69) is 4.74 Å². The Bertz CT molecular complexity index is 796. The van der Waals surface area contributed by atoms with E-state index in [0.29, 0.717) is 22.4 Å². The molecule has 0 heterocycles. The lowest BCUT2D eigenvalue weighted by atomic mass is 9.97. The predicted molar refractivity (Wildman–Crippen MR) is 96.5 cm³/mol. The van der Waals surface area contributed by atoms with Gasteiger partial charge in [-0.1, -0.05) is 36.0 Å². The largest absolute Gasteiger partial charge is 0.465 e. The molecule has 0 aliphatic rings. The van der Waals surface area contributed by atoms with E-state index in [-0.39, 0.29) is 5.12 Å². The van der Waals surface area contributed by atoms with Crippen molar-refractivity contribution in [3.63, 3.8) is 0 Å². The first-order chi connectivity index (χ1) is 12.0. The highest BCUT2D eigenvalue weighted by molar-refractivity contribution is 8.12. The van der Waals surface area contributed by atoms with Crippen LogP contribution >= 0.6 is 11.8 Å². The zero-order valence-electron chi connectivity index (χ0n) is 14.2. The van der Waals surface area contributed by atoms with Gasteiger partial charge in [0, 0.05) is 12.7 Å².